The topological polar surface area (TPSA) is 29.3 Å². The number of nitrogens with zero attached hydrogens (tertiary/aromatic N) is 2. The summed E-state index contributed by atoms with van der Waals surface area (Å²) in [5.74, 6) is 2.25. The van der Waals surface area contributed by atoms with Crippen LogP contribution in [0.2, 0.25) is 0 Å². The van der Waals surface area contributed by atoms with Crippen molar-refractivity contribution in [1.82, 2.24) is 10.1 Å². The molecule has 2 bridgehead atoms. The zero-order valence-corrected chi connectivity index (χ0v) is 10.6. The van der Waals surface area contributed by atoms with E-state index in [9.17, 15) is 0 Å². The van der Waals surface area contributed by atoms with E-state index in [0.29, 0.717) is 5.92 Å². The Morgan fingerprint density at radius 1 is 1.41 bits per heavy atom. The van der Waals surface area contributed by atoms with Crippen molar-refractivity contribution < 1.29 is 4.52 Å². The minimum Gasteiger partial charge on any atom is -0.375 e. The summed E-state index contributed by atoms with van der Waals surface area (Å²) in [6, 6.07) is 2.07. The summed E-state index contributed by atoms with van der Waals surface area (Å²) in [5, 5.41) is 4.11. The summed E-state index contributed by atoms with van der Waals surface area (Å²) in [7, 11) is 0. The maximum Gasteiger partial charge on any atom is 0.161 e. The highest BCUT2D eigenvalue weighted by Crippen LogP contribution is 2.35. The van der Waals surface area contributed by atoms with Crippen LogP contribution in [0.3, 0.4) is 0 Å². The molecule has 0 unspecified atom stereocenters. The molecular formula is C14H20N2O. The zero-order valence-electron chi connectivity index (χ0n) is 10.6. The fourth-order valence-corrected chi connectivity index (χ4v) is 2.81. The first-order valence-corrected chi connectivity index (χ1v) is 6.64. The molecule has 0 atom stereocenters. The molecule has 0 amide bonds. The van der Waals surface area contributed by atoms with Gasteiger partial charge in [0, 0.05) is 30.9 Å². The van der Waals surface area contributed by atoms with Crippen molar-refractivity contribution in [2.75, 3.05) is 13.1 Å². The highest BCUT2D eigenvalue weighted by Gasteiger charge is 2.28. The molecule has 3 aliphatic rings. The van der Waals surface area contributed by atoms with E-state index < -0.39 is 0 Å². The highest BCUT2D eigenvalue weighted by molar-refractivity contribution is 5.48. The first-order chi connectivity index (χ1) is 8.22. The Balaban J connectivity index is 1.80. The third-order valence-electron chi connectivity index (χ3n) is 3.97. The molecule has 3 nitrogen and oxygen atoms in total. The largest absolute Gasteiger partial charge is 0.375 e. The van der Waals surface area contributed by atoms with Crippen molar-refractivity contribution in [3.05, 3.63) is 23.2 Å². The van der Waals surface area contributed by atoms with E-state index in [1.54, 1.807) is 0 Å². The van der Waals surface area contributed by atoms with Gasteiger partial charge in [0.15, 0.2) is 5.76 Å². The van der Waals surface area contributed by atoms with Crippen molar-refractivity contribution >= 4 is 6.08 Å². The molecule has 0 radical (unpaired) electrons. The Kier molecular flexibility index (Phi) is 2.69. The summed E-state index contributed by atoms with van der Waals surface area (Å²) in [6.07, 6.45) is 6.14. The number of allylic oxidation sites excluding steroid dienone is 1. The normalized spacial score (nSPS) is 23.0. The van der Waals surface area contributed by atoms with Crippen LogP contribution in [0.15, 0.2) is 16.3 Å². The van der Waals surface area contributed by atoms with Crippen LogP contribution in [-0.4, -0.2) is 23.1 Å². The molecule has 1 aromatic heterocycles. The number of hydrogen-bond acceptors (Lipinski definition) is 3. The molecule has 3 saturated heterocycles. The van der Waals surface area contributed by atoms with Gasteiger partial charge in [0.05, 0.1) is 5.69 Å². The summed E-state index contributed by atoms with van der Waals surface area (Å²) >= 11 is 0. The second-order valence-corrected chi connectivity index (χ2v) is 5.58. The van der Waals surface area contributed by atoms with E-state index in [2.05, 4.69) is 36.0 Å². The highest BCUT2D eigenvalue weighted by atomic mass is 16.5. The standard InChI is InChI=1S/C14H20N2O/c1-10(2)14-9-13(17-15-14)8-12-7-11-3-5-16(12)6-4-11/h8-11H,3-7H2,1-2H3. The Morgan fingerprint density at radius 3 is 2.71 bits per heavy atom. The average Bonchev–Trinajstić information content (AvgIpc) is 2.79. The minimum absolute atomic E-state index is 0.439. The SMILES string of the molecule is CC(C)c1cc(C=C2CC3CCN2CC3)on1. The maximum absolute atomic E-state index is 5.38. The molecule has 17 heavy (non-hydrogen) atoms. The van der Waals surface area contributed by atoms with Crippen LogP contribution in [0.1, 0.15) is 50.5 Å². The lowest BCUT2D eigenvalue weighted by Crippen LogP contribution is -2.39. The van der Waals surface area contributed by atoms with Crippen molar-refractivity contribution in [2.24, 2.45) is 5.92 Å². The molecule has 0 N–H and O–H groups in total. The van der Waals surface area contributed by atoms with E-state index in [-0.39, 0.29) is 0 Å². The van der Waals surface area contributed by atoms with Gasteiger partial charge in [-0.15, -0.1) is 0 Å². The second kappa shape index (κ2) is 4.21. The molecule has 1 aromatic rings. The predicted molar refractivity (Wildman–Crippen MR) is 67.5 cm³/mol. The van der Waals surface area contributed by atoms with Gasteiger partial charge in [-0.05, 0) is 31.1 Å². The van der Waals surface area contributed by atoms with E-state index in [4.69, 9.17) is 4.52 Å². The lowest BCUT2D eigenvalue weighted by atomic mass is 9.86. The van der Waals surface area contributed by atoms with Crippen LogP contribution in [0.5, 0.6) is 0 Å². The van der Waals surface area contributed by atoms with Crippen molar-refractivity contribution in [1.29, 1.82) is 0 Å². The first-order valence-electron chi connectivity index (χ1n) is 6.64. The fraction of sp³-hybridized carbons (Fsp3) is 0.643. The van der Waals surface area contributed by atoms with Gasteiger partial charge in [-0.2, -0.15) is 0 Å². The van der Waals surface area contributed by atoms with E-state index in [1.165, 1.54) is 38.0 Å². The summed E-state index contributed by atoms with van der Waals surface area (Å²) in [4.78, 5) is 2.50. The predicted octanol–water partition coefficient (Wildman–Crippen LogP) is 3.25. The quantitative estimate of drug-likeness (QED) is 0.783. The van der Waals surface area contributed by atoms with E-state index in [1.807, 2.05) is 0 Å². The number of hydrogen-bond donors (Lipinski definition) is 0. The van der Waals surface area contributed by atoms with Gasteiger partial charge in [0.25, 0.3) is 0 Å². The van der Waals surface area contributed by atoms with Gasteiger partial charge < -0.3 is 9.42 Å². The Labute approximate surface area is 102 Å². The smallest absolute Gasteiger partial charge is 0.161 e. The van der Waals surface area contributed by atoms with Crippen LogP contribution >= 0.6 is 0 Å². The Morgan fingerprint density at radius 2 is 2.18 bits per heavy atom. The molecular weight excluding hydrogens is 212 g/mol. The van der Waals surface area contributed by atoms with Gasteiger partial charge in [-0.1, -0.05) is 19.0 Å². The maximum atomic E-state index is 5.38. The molecule has 0 spiro atoms. The number of piperidine rings is 3. The van der Waals surface area contributed by atoms with Gasteiger partial charge >= 0.3 is 0 Å². The Hall–Kier alpha value is -1.25. The second-order valence-electron chi connectivity index (χ2n) is 5.58. The fourth-order valence-electron chi connectivity index (χ4n) is 2.81. The molecule has 3 aliphatic heterocycles. The molecule has 3 fully saturated rings. The molecule has 4 rings (SSSR count). The van der Waals surface area contributed by atoms with Gasteiger partial charge in [0.2, 0.25) is 0 Å². The van der Waals surface area contributed by atoms with Crippen molar-refractivity contribution in [2.45, 2.75) is 39.0 Å². The van der Waals surface area contributed by atoms with Crippen LogP contribution < -0.4 is 0 Å². The van der Waals surface area contributed by atoms with Crippen molar-refractivity contribution in [3.8, 4) is 0 Å². The monoisotopic (exact) mass is 232 g/mol. The molecule has 0 aliphatic carbocycles. The number of rotatable bonds is 2. The van der Waals surface area contributed by atoms with Crippen LogP contribution in [0.4, 0.5) is 0 Å². The van der Waals surface area contributed by atoms with Gasteiger partial charge in [-0.25, -0.2) is 0 Å². The summed E-state index contributed by atoms with van der Waals surface area (Å²) in [5.41, 5.74) is 2.49. The average molecular weight is 232 g/mol. The van der Waals surface area contributed by atoms with Crippen LogP contribution in [0.25, 0.3) is 6.08 Å². The van der Waals surface area contributed by atoms with E-state index in [0.717, 1.165) is 17.4 Å². The zero-order chi connectivity index (χ0) is 11.8. The van der Waals surface area contributed by atoms with Crippen molar-refractivity contribution in [3.63, 3.8) is 0 Å². The number of aromatic nitrogens is 1. The molecule has 92 valence electrons. The third kappa shape index (κ3) is 2.11. The van der Waals surface area contributed by atoms with Crippen LogP contribution in [-0.2, 0) is 0 Å². The first kappa shape index (κ1) is 10.9. The van der Waals surface area contributed by atoms with Crippen LogP contribution in [0, 0.1) is 5.92 Å². The summed E-state index contributed by atoms with van der Waals surface area (Å²) < 4.78 is 5.38. The van der Waals surface area contributed by atoms with Gasteiger partial charge in [0.1, 0.15) is 0 Å². The Bertz CT molecular complexity index is 425. The molecule has 0 saturated carbocycles. The molecule has 3 heteroatoms. The number of fused-ring (bicyclic) bond motifs is 3. The summed E-state index contributed by atoms with van der Waals surface area (Å²) in [6.45, 7) is 6.73. The van der Waals surface area contributed by atoms with E-state index >= 15 is 0 Å². The third-order valence-corrected chi connectivity index (χ3v) is 3.97. The lowest BCUT2D eigenvalue weighted by molar-refractivity contribution is 0.162. The molecule has 4 heterocycles. The molecule has 0 aromatic carbocycles. The minimum atomic E-state index is 0.439. The lowest BCUT2D eigenvalue weighted by Gasteiger charge is -2.42. The van der Waals surface area contributed by atoms with Gasteiger partial charge in [-0.3, -0.25) is 0 Å².